The molecule has 0 fully saturated rings. The van der Waals surface area contributed by atoms with E-state index in [0.717, 1.165) is 0 Å². The number of ether oxygens (including phenoxy) is 1. The first-order valence-electron chi connectivity index (χ1n) is 3.00. The quantitative estimate of drug-likeness (QED) is 0.282. The van der Waals surface area contributed by atoms with Crippen molar-refractivity contribution in [2.24, 2.45) is 0 Å². The van der Waals surface area contributed by atoms with Crippen LogP contribution in [0.25, 0.3) is 0 Å². The highest BCUT2D eigenvalue weighted by Gasteiger charge is 1.95. The van der Waals surface area contributed by atoms with Crippen LogP contribution in [-0.2, 0) is 9.53 Å². The van der Waals surface area contributed by atoms with Gasteiger partial charge in [0.1, 0.15) is 0 Å². The molecular weight excluding hydrogens is 164 g/mol. The van der Waals surface area contributed by atoms with E-state index in [2.05, 4.69) is 17.9 Å². The van der Waals surface area contributed by atoms with Gasteiger partial charge in [0.2, 0.25) is 0 Å². The van der Waals surface area contributed by atoms with Crippen LogP contribution in [0.5, 0.6) is 0 Å². The van der Waals surface area contributed by atoms with Gasteiger partial charge in [-0.3, -0.25) is 0 Å². The third-order valence-corrected chi connectivity index (χ3v) is 0.845. The summed E-state index contributed by atoms with van der Waals surface area (Å²) >= 11 is 5.19. The maximum absolute atomic E-state index is 10.6. The van der Waals surface area contributed by atoms with Crippen LogP contribution in [-0.4, -0.2) is 5.97 Å². The van der Waals surface area contributed by atoms with Crippen molar-refractivity contribution in [2.45, 2.75) is 6.42 Å². The Hall–Kier alpha value is -1.02. The van der Waals surface area contributed by atoms with Crippen LogP contribution < -0.4 is 0 Å². The van der Waals surface area contributed by atoms with Crippen molar-refractivity contribution in [1.82, 2.24) is 0 Å². The van der Waals surface area contributed by atoms with Gasteiger partial charge in [0.25, 0.3) is 0 Å². The Balaban J connectivity index is 3.68. The molecule has 60 valence electrons. The van der Waals surface area contributed by atoms with Gasteiger partial charge < -0.3 is 4.74 Å². The van der Waals surface area contributed by atoms with E-state index in [9.17, 15) is 4.79 Å². The molecule has 0 amide bonds. The normalized spacial score (nSPS) is 9.55. The first-order chi connectivity index (χ1) is 5.16. The molecule has 3 heteroatoms. The summed E-state index contributed by atoms with van der Waals surface area (Å²) < 4.78 is 4.41. The molecule has 0 atom stereocenters. The first kappa shape index (κ1) is 9.98. The fraction of sp³-hybridized carbons (Fsp3) is 0.125. The van der Waals surface area contributed by atoms with Crippen LogP contribution in [0.1, 0.15) is 6.42 Å². The van der Waals surface area contributed by atoms with E-state index in [0.29, 0.717) is 6.42 Å². The van der Waals surface area contributed by atoms with Crippen LogP contribution in [0, 0.1) is 0 Å². The van der Waals surface area contributed by atoms with Gasteiger partial charge >= 0.3 is 5.97 Å². The van der Waals surface area contributed by atoms with Gasteiger partial charge in [-0.2, -0.15) is 0 Å². The number of halogens is 1. The maximum atomic E-state index is 10.6. The Morgan fingerprint density at radius 2 is 2.27 bits per heavy atom. The number of carbonyl (C=O) groups excluding carboxylic acids is 1. The van der Waals surface area contributed by atoms with Crippen molar-refractivity contribution in [3.05, 3.63) is 36.6 Å². The van der Waals surface area contributed by atoms with Crippen LogP contribution >= 0.6 is 11.6 Å². The molecule has 0 aromatic carbocycles. The predicted molar refractivity (Wildman–Crippen MR) is 45.0 cm³/mol. The largest absolute Gasteiger partial charge is 0.412 e. The third kappa shape index (κ3) is 6.87. The minimum Gasteiger partial charge on any atom is -0.412 e. The topological polar surface area (TPSA) is 26.3 Å². The summed E-state index contributed by atoms with van der Waals surface area (Å²) in [4.78, 5) is 10.6. The zero-order valence-electron chi connectivity index (χ0n) is 6.05. The molecule has 0 aliphatic heterocycles. The summed E-state index contributed by atoms with van der Waals surface area (Å²) in [5.41, 5.74) is 0. The zero-order valence-corrected chi connectivity index (χ0v) is 6.80. The molecule has 0 aromatic rings. The number of rotatable bonds is 4. The third-order valence-electron chi connectivity index (χ3n) is 0.768. The lowest BCUT2D eigenvalue weighted by Crippen LogP contribution is -1.95. The second-order valence-electron chi connectivity index (χ2n) is 1.70. The van der Waals surface area contributed by atoms with Gasteiger partial charge in [-0.1, -0.05) is 12.2 Å². The molecule has 0 aromatic heterocycles. The standard InChI is InChI=1S/C8H9ClO2/c1-3-4-5-6-8(10)11-7(2)9/h3,5-6H,1-2,4H2. The van der Waals surface area contributed by atoms with Crippen molar-refractivity contribution in [1.29, 1.82) is 0 Å². The minimum absolute atomic E-state index is 0.127. The van der Waals surface area contributed by atoms with Crippen LogP contribution in [0.3, 0.4) is 0 Å². The lowest BCUT2D eigenvalue weighted by Gasteiger charge is -1.93. The molecule has 11 heavy (non-hydrogen) atoms. The van der Waals surface area contributed by atoms with Crippen LogP contribution in [0.15, 0.2) is 36.6 Å². The SMILES string of the molecule is C=CCC=CC(=O)OC(=C)Cl. The molecule has 2 nitrogen and oxygen atoms in total. The molecular formula is C8H9ClO2. The molecule has 0 N–H and O–H groups in total. The summed E-state index contributed by atoms with van der Waals surface area (Å²) in [6, 6.07) is 0. The Bertz CT molecular complexity index is 194. The summed E-state index contributed by atoms with van der Waals surface area (Å²) in [6.45, 7) is 6.66. The van der Waals surface area contributed by atoms with Gasteiger partial charge in [-0.25, -0.2) is 4.79 Å². The molecule has 0 aliphatic rings. The summed E-state index contributed by atoms with van der Waals surface area (Å²) in [5.74, 6) is -0.521. The smallest absolute Gasteiger partial charge is 0.336 e. The summed E-state index contributed by atoms with van der Waals surface area (Å²) in [5, 5.41) is -0.127. The van der Waals surface area contributed by atoms with Gasteiger partial charge in [0, 0.05) is 6.08 Å². The van der Waals surface area contributed by atoms with Crippen LogP contribution in [0.4, 0.5) is 0 Å². The average molecular weight is 173 g/mol. The lowest BCUT2D eigenvalue weighted by atomic mass is 10.4. The van der Waals surface area contributed by atoms with Crippen molar-refractivity contribution < 1.29 is 9.53 Å². The number of carbonyl (C=O) groups is 1. The number of esters is 1. The monoisotopic (exact) mass is 172 g/mol. The molecule has 0 saturated heterocycles. The van der Waals surface area contributed by atoms with Crippen molar-refractivity contribution in [3.8, 4) is 0 Å². The molecule has 0 rings (SSSR count). The molecule has 0 heterocycles. The highest BCUT2D eigenvalue weighted by Crippen LogP contribution is 1.99. The van der Waals surface area contributed by atoms with Gasteiger partial charge in [-0.05, 0) is 24.6 Å². The van der Waals surface area contributed by atoms with E-state index in [1.54, 1.807) is 12.2 Å². The van der Waals surface area contributed by atoms with Crippen molar-refractivity contribution >= 4 is 17.6 Å². The Morgan fingerprint density at radius 1 is 1.64 bits per heavy atom. The van der Waals surface area contributed by atoms with E-state index >= 15 is 0 Å². The average Bonchev–Trinajstić information content (AvgIpc) is 1.86. The Kier molecular flexibility index (Phi) is 5.21. The van der Waals surface area contributed by atoms with E-state index in [1.165, 1.54) is 6.08 Å². The molecule has 0 aliphatic carbocycles. The first-order valence-corrected chi connectivity index (χ1v) is 3.38. The highest BCUT2D eigenvalue weighted by atomic mass is 35.5. The highest BCUT2D eigenvalue weighted by molar-refractivity contribution is 6.28. The maximum Gasteiger partial charge on any atom is 0.336 e. The van der Waals surface area contributed by atoms with Crippen molar-refractivity contribution in [2.75, 3.05) is 0 Å². The minimum atomic E-state index is -0.521. The zero-order chi connectivity index (χ0) is 8.69. The lowest BCUT2D eigenvalue weighted by molar-refractivity contribution is -0.132. The van der Waals surface area contributed by atoms with Crippen molar-refractivity contribution in [3.63, 3.8) is 0 Å². The molecule has 0 spiro atoms. The molecule has 0 unspecified atom stereocenters. The van der Waals surface area contributed by atoms with Crippen LogP contribution in [0.2, 0.25) is 0 Å². The van der Waals surface area contributed by atoms with Gasteiger partial charge in [0.15, 0.2) is 5.22 Å². The fourth-order valence-electron chi connectivity index (χ4n) is 0.404. The van der Waals surface area contributed by atoms with Gasteiger partial charge in [0.05, 0.1) is 0 Å². The fourth-order valence-corrected chi connectivity index (χ4v) is 0.480. The second-order valence-corrected chi connectivity index (χ2v) is 2.12. The van der Waals surface area contributed by atoms with Gasteiger partial charge in [-0.15, -0.1) is 6.58 Å². The van der Waals surface area contributed by atoms with E-state index in [4.69, 9.17) is 11.6 Å². The Morgan fingerprint density at radius 3 is 2.73 bits per heavy atom. The number of allylic oxidation sites excluding steroid dienone is 2. The number of hydrogen-bond acceptors (Lipinski definition) is 2. The second kappa shape index (κ2) is 5.74. The predicted octanol–water partition coefficient (Wildman–Crippen LogP) is 2.37. The summed E-state index contributed by atoms with van der Waals surface area (Å²) in [6.07, 6.45) is 5.19. The van der Waals surface area contributed by atoms with E-state index in [-0.39, 0.29) is 5.22 Å². The molecule has 0 saturated carbocycles. The molecule has 0 bridgehead atoms. The van der Waals surface area contributed by atoms with E-state index in [1.807, 2.05) is 0 Å². The molecule has 0 radical (unpaired) electrons. The van der Waals surface area contributed by atoms with E-state index < -0.39 is 5.97 Å². The summed E-state index contributed by atoms with van der Waals surface area (Å²) in [7, 11) is 0. The Labute approximate surface area is 70.8 Å². The number of hydrogen-bond donors (Lipinski definition) is 0.